The van der Waals surface area contributed by atoms with Gasteiger partial charge in [0.1, 0.15) is 12.1 Å². The normalized spacial score (nSPS) is 19.0. The topological polar surface area (TPSA) is 69.7 Å². The molecule has 1 atom stereocenters. The van der Waals surface area contributed by atoms with Gasteiger partial charge in [-0.3, -0.25) is 14.5 Å². The van der Waals surface area contributed by atoms with Crippen LogP contribution in [0, 0.1) is 0 Å². The first-order valence-electron chi connectivity index (χ1n) is 9.25. The van der Waals surface area contributed by atoms with Crippen LogP contribution in [0.2, 0.25) is 0 Å². The molecule has 1 saturated heterocycles. The minimum absolute atomic E-state index is 0.292. The number of carbonyl (C=O) groups excluding carboxylic acids is 3. The average molecular weight is 419 g/mol. The zero-order valence-corrected chi connectivity index (χ0v) is 16.4. The third-order valence-corrected chi connectivity index (χ3v) is 5.02. The molecule has 2 aromatic carbocycles. The number of nitrogens with one attached hydrogen (secondary N) is 1. The van der Waals surface area contributed by atoms with Gasteiger partial charge in [-0.15, -0.1) is 0 Å². The van der Waals surface area contributed by atoms with Gasteiger partial charge in [0.25, 0.3) is 5.91 Å². The van der Waals surface area contributed by atoms with Gasteiger partial charge < -0.3 is 10.2 Å². The predicted molar refractivity (Wildman–Crippen MR) is 104 cm³/mol. The van der Waals surface area contributed by atoms with E-state index in [4.69, 9.17) is 0 Å². The molecule has 2 aromatic rings. The van der Waals surface area contributed by atoms with Crippen molar-refractivity contribution in [1.82, 2.24) is 10.2 Å². The summed E-state index contributed by atoms with van der Waals surface area (Å²) in [5.41, 5.74) is -2.75. The summed E-state index contributed by atoms with van der Waals surface area (Å²) in [4.78, 5) is 40.3. The standard InChI is InChI=1S/C21H20F3N3O3/c1-3-26(14-9-5-4-6-10-14)17(28)13-27-18(29)20(2,25-19(27)30)15-11-7-8-12-16(15)21(22,23)24/h4-12H,3,13H2,1-2H3,(H,25,30)/t20-/m1/s1. The molecule has 1 N–H and O–H groups in total. The molecule has 0 bridgehead atoms. The fourth-order valence-corrected chi connectivity index (χ4v) is 3.52. The van der Waals surface area contributed by atoms with Crippen molar-refractivity contribution in [2.24, 2.45) is 0 Å². The molecule has 6 nitrogen and oxygen atoms in total. The van der Waals surface area contributed by atoms with Crippen LogP contribution in [-0.4, -0.2) is 35.8 Å². The number of alkyl halides is 3. The predicted octanol–water partition coefficient (Wildman–Crippen LogP) is 3.53. The van der Waals surface area contributed by atoms with Crippen molar-refractivity contribution in [3.8, 4) is 0 Å². The molecule has 1 aliphatic rings. The Balaban J connectivity index is 1.89. The van der Waals surface area contributed by atoms with Gasteiger partial charge >= 0.3 is 12.2 Å². The second-order valence-corrected chi connectivity index (χ2v) is 6.96. The Kier molecular flexibility index (Phi) is 5.56. The lowest BCUT2D eigenvalue weighted by molar-refractivity contribution is -0.140. The molecule has 0 saturated carbocycles. The highest BCUT2D eigenvalue weighted by Gasteiger charge is 2.52. The maximum Gasteiger partial charge on any atom is 0.416 e. The first-order chi connectivity index (χ1) is 14.1. The molecule has 3 rings (SSSR count). The van der Waals surface area contributed by atoms with Crippen LogP contribution in [0.5, 0.6) is 0 Å². The zero-order valence-electron chi connectivity index (χ0n) is 16.4. The van der Waals surface area contributed by atoms with Gasteiger partial charge in [-0.1, -0.05) is 36.4 Å². The summed E-state index contributed by atoms with van der Waals surface area (Å²) in [5, 5.41) is 2.33. The second kappa shape index (κ2) is 7.81. The lowest BCUT2D eigenvalue weighted by atomic mass is 9.87. The Labute approximate surface area is 171 Å². The van der Waals surface area contributed by atoms with Crippen molar-refractivity contribution in [3.63, 3.8) is 0 Å². The number of para-hydroxylation sites is 1. The highest BCUT2D eigenvalue weighted by Crippen LogP contribution is 2.39. The van der Waals surface area contributed by atoms with Crippen molar-refractivity contribution in [2.45, 2.75) is 25.6 Å². The summed E-state index contributed by atoms with van der Waals surface area (Å²) in [6, 6.07) is 12.3. The van der Waals surface area contributed by atoms with E-state index in [0.29, 0.717) is 17.1 Å². The van der Waals surface area contributed by atoms with E-state index in [1.807, 2.05) is 0 Å². The number of benzene rings is 2. The number of imide groups is 1. The summed E-state index contributed by atoms with van der Waals surface area (Å²) in [7, 11) is 0. The van der Waals surface area contributed by atoms with E-state index in [9.17, 15) is 27.6 Å². The van der Waals surface area contributed by atoms with E-state index in [0.717, 1.165) is 12.1 Å². The van der Waals surface area contributed by atoms with Crippen LogP contribution in [-0.2, 0) is 21.3 Å². The van der Waals surface area contributed by atoms with Crippen molar-refractivity contribution >= 4 is 23.5 Å². The van der Waals surface area contributed by atoms with Gasteiger partial charge in [0.15, 0.2) is 0 Å². The maximum atomic E-state index is 13.4. The number of halogens is 3. The summed E-state index contributed by atoms with van der Waals surface area (Å²) in [6.07, 6.45) is -4.71. The molecule has 0 radical (unpaired) electrons. The van der Waals surface area contributed by atoms with Gasteiger partial charge in [0, 0.05) is 12.2 Å². The number of hydrogen-bond acceptors (Lipinski definition) is 3. The average Bonchev–Trinajstić information content (AvgIpc) is 2.93. The highest BCUT2D eigenvalue weighted by molar-refractivity contribution is 6.10. The zero-order chi connectivity index (χ0) is 22.1. The first kappa shape index (κ1) is 21.4. The Hall–Kier alpha value is -3.36. The lowest BCUT2D eigenvalue weighted by Gasteiger charge is -2.26. The van der Waals surface area contributed by atoms with E-state index in [1.165, 1.54) is 24.0 Å². The third kappa shape index (κ3) is 3.74. The monoisotopic (exact) mass is 419 g/mol. The van der Waals surface area contributed by atoms with Gasteiger partial charge in [-0.25, -0.2) is 4.79 Å². The minimum Gasteiger partial charge on any atom is -0.319 e. The molecular formula is C21H20F3N3O3. The van der Waals surface area contributed by atoms with Crippen LogP contribution in [0.15, 0.2) is 54.6 Å². The first-order valence-corrected chi connectivity index (χ1v) is 9.25. The molecule has 1 fully saturated rings. The van der Waals surface area contributed by atoms with Gasteiger partial charge in [0.05, 0.1) is 5.56 Å². The third-order valence-electron chi connectivity index (χ3n) is 5.02. The Morgan fingerprint density at radius 2 is 1.67 bits per heavy atom. The number of rotatable bonds is 5. The van der Waals surface area contributed by atoms with Crippen molar-refractivity contribution in [1.29, 1.82) is 0 Å². The highest BCUT2D eigenvalue weighted by atomic mass is 19.4. The number of amides is 4. The van der Waals surface area contributed by atoms with Crippen LogP contribution >= 0.6 is 0 Å². The molecule has 0 aliphatic carbocycles. The minimum atomic E-state index is -4.71. The molecule has 0 spiro atoms. The molecular weight excluding hydrogens is 399 g/mol. The Bertz CT molecular complexity index is 978. The number of carbonyl (C=O) groups is 3. The number of urea groups is 1. The molecule has 0 unspecified atom stereocenters. The quantitative estimate of drug-likeness (QED) is 0.754. The lowest BCUT2D eigenvalue weighted by Crippen LogP contribution is -2.45. The van der Waals surface area contributed by atoms with Crippen molar-refractivity contribution in [3.05, 3.63) is 65.7 Å². The summed E-state index contributed by atoms with van der Waals surface area (Å²) in [6.45, 7) is 2.65. The molecule has 0 aromatic heterocycles. The van der Waals surface area contributed by atoms with Crippen LogP contribution < -0.4 is 10.2 Å². The van der Waals surface area contributed by atoms with E-state index < -0.39 is 41.7 Å². The fraction of sp³-hybridized carbons (Fsp3) is 0.286. The number of likely N-dealkylation sites (N-methyl/N-ethyl adjacent to an activating group) is 1. The van der Waals surface area contributed by atoms with E-state index >= 15 is 0 Å². The second-order valence-electron chi connectivity index (χ2n) is 6.96. The smallest absolute Gasteiger partial charge is 0.319 e. The van der Waals surface area contributed by atoms with Gasteiger partial charge in [-0.2, -0.15) is 13.2 Å². The van der Waals surface area contributed by atoms with E-state index in [-0.39, 0.29) is 5.56 Å². The summed E-state index contributed by atoms with van der Waals surface area (Å²) >= 11 is 0. The molecule has 1 aliphatic heterocycles. The molecule has 1 heterocycles. The number of hydrogen-bond donors (Lipinski definition) is 1. The van der Waals surface area contributed by atoms with Crippen LogP contribution in [0.1, 0.15) is 25.0 Å². The SMILES string of the molecule is CCN(C(=O)CN1C(=O)N[C@](C)(c2ccccc2C(F)(F)F)C1=O)c1ccccc1. The number of nitrogens with zero attached hydrogens (tertiary/aromatic N) is 2. The largest absolute Gasteiger partial charge is 0.416 e. The van der Waals surface area contributed by atoms with Crippen molar-refractivity contribution < 1.29 is 27.6 Å². The molecule has 158 valence electrons. The Morgan fingerprint density at radius 1 is 1.07 bits per heavy atom. The molecule has 4 amide bonds. The maximum absolute atomic E-state index is 13.4. The molecule has 9 heteroatoms. The van der Waals surface area contributed by atoms with Crippen LogP contribution in [0.25, 0.3) is 0 Å². The van der Waals surface area contributed by atoms with E-state index in [2.05, 4.69) is 5.32 Å². The van der Waals surface area contributed by atoms with Crippen LogP contribution in [0.4, 0.5) is 23.7 Å². The van der Waals surface area contributed by atoms with Crippen LogP contribution in [0.3, 0.4) is 0 Å². The molecule has 30 heavy (non-hydrogen) atoms. The summed E-state index contributed by atoms with van der Waals surface area (Å²) < 4.78 is 40.3. The van der Waals surface area contributed by atoms with Gasteiger partial charge in [0.2, 0.25) is 5.91 Å². The number of anilines is 1. The van der Waals surface area contributed by atoms with Crippen molar-refractivity contribution in [2.75, 3.05) is 18.0 Å². The van der Waals surface area contributed by atoms with E-state index in [1.54, 1.807) is 37.3 Å². The summed E-state index contributed by atoms with van der Waals surface area (Å²) in [5.74, 6) is -1.44. The van der Waals surface area contributed by atoms with Gasteiger partial charge in [-0.05, 0) is 37.6 Å². The Morgan fingerprint density at radius 3 is 2.27 bits per heavy atom. The fourth-order valence-electron chi connectivity index (χ4n) is 3.52.